The van der Waals surface area contributed by atoms with Gasteiger partial charge in [-0.05, 0) is 227 Å². The number of anilines is 6. The number of rotatable bonds is 10. The van der Waals surface area contributed by atoms with Crippen LogP contribution in [-0.4, -0.2) is 0 Å². The Morgan fingerprint density at radius 1 is 0.204 bits per heavy atom. The third kappa shape index (κ3) is 8.46. The smallest absolute Gasteiger partial charge is 0.0465 e. The fraction of sp³-hybridized carbons (Fsp3) is 0.125. The highest BCUT2D eigenvalue weighted by molar-refractivity contribution is 6.34. The SMILES string of the molecule is CC1(C)c2ccccc2-c2ccc(N(c3ccccc3)c3ccc4c(c3)C(C)(C)c3cc(C=Cc5ccc6c7cccc8c(C=Cc9ccc%10c(c9)C(C)(C)c9cc(N(c%11ccccc%11)c%11ccc%12c(c%11)C(C)(C)c%11ccccc%11-%12)ccc9-%10)ccc(c9cccc5c96)c87)ccc3-4)cc21. The molecule has 4 aliphatic rings. The number of hydrogen-bond donors (Lipinski definition) is 0. The zero-order chi connectivity index (χ0) is 66.1. The molecule has 0 unspecified atom stereocenters. The van der Waals surface area contributed by atoms with Crippen molar-refractivity contribution < 1.29 is 0 Å². The van der Waals surface area contributed by atoms with Gasteiger partial charge < -0.3 is 9.80 Å². The van der Waals surface area contributed by atoms with Crippen LogP contribution in [0.25, 0.3) is 112 Å². The molecule has 0 radical (unpaired) electrons. The average molecular weight is 1260 g/mol. The quantitative estimate of drug-likeness (QED) is 0.0765. The molecule has 0 bridgehead atoms. The van der Waals surface area contributed by atoms with Crippen molar-refractivity contribution >= 4 is 102 Å². The Morgan fingerprint density at radius 3 is 0.857 bits per heavy atom. The molecule has 0 spiro atoms. The molecule has 2 heteroatoms. The van der Waals surface area contributed by atoms with Gasteiger partial charge in [-0.2, -0.15) is 0 Å². The lowest BCUT2D eigenvalue weighted by Crippen LogP contribution is -2.18. The summed E-state index contributed by atoms with van der Waals surface area (Å²) in [5.41, 5.74) is 32.7. The molecule has 0 amide bonds. The maximum absolute atomic E-state index is 2.45. The lowest BCUT2D eigenvalue weighted by Gasteiger charge is -2.29. The van der Waals surface area contributed by atoms with Crippen molar-refractivity contribution in [3.05, 3.63) is 346 Å². The fourth-order valence-electron chi connectivity index (χ4n) is 18.1. The van der Waals surface area contributed by atoms with Crippen LogP contribution in [0, 0.1) is 0 Å². The first kappa shape index (κ1) is 58.1. The highest BCUT2D eigenvalue weighted by Gasteiger charge is 2.41. The van der Waals surface area contributed by atoms with Crippen LogP contribution in [0.4, 0.5) is 34.1 Å². The summed E-state index contributed by atoms with van der Waals surface area (Å²) >= 11 is 0. The zero-order valence-electron chi connectivity index (χ0n) is 56.8. The second-order valence-electron chi connectivity index (χ2n) is 30.0. The summed E-state index contributed by atoms with van der Waals surface area (Å²) < 4.78 is 0. The van der Waals surface area contributed by atoms with E-state index < -0.39 is 0 Å². The fourth-order valence-corrected chi connectivity index (χ4v) is 18.1. The Kier molecular flexibility index (Phi) is 12.5. The molecule has 2 nitrogen and oxygen atoms in total. The summed E-state index contributed by atoms with van der Waals surface area (Å²) in [5, 5.41) is 10.3. The molecule has 4 aliphatic carbocycles. The molecule has 98 heavy (non-hydrogen) atoms. The van der Waals surface area contributed by atoms with Crippen LogP contribution in [0.2, 0.25) is 0 Å². The van der Waals surface area contributed by atoms with Gasteiger partial charge in [0.1, 0.15) is 0 Å². The Labute approximate surface area is 575 Å². The summed E-state index contributed by atoms with van der Waals surface area (Å²) in [7, 11) is 0. The van der Waals surface area contributed by atoms with Crippen LogP contribution in [0.3, 0.4) is 0 Å². The first-order chi connectivity index (χ1) is 47.6. The van der Waals surface area contributed by atoms with Crippen molar-refractivity contribution in [2.24, 2.45) is 0 Å². The highest BCUT2D eigenvalue weighted by atomic mass is 15.1. The van der Waals surface area contributed by atoms with E-state index in [1.807, 2.05) is 0 Å². The predicted octanol–water partition coefficient (Wildman–Crippen LogP) is 26.2. The molecule has 468 valence electrons. The van der Waals surface area contributed by atoms with Gasteiger partial charge in [0.15, 0.2) is 0 Å². The van der Waals surface area contributed by atoms with Gasteiger partial charge in [-0.25, -0.2) is 0 Å². The van der Waals surface area contributed by atoms with Crippen molar-refractivity contribution in [2.75, 3.05) is 9.80 Å². The minimum absolute atomic E-state index is 0.1000. The van der Waals surface area contributed by atoms with E-state index in [0.717, 1.165) is 22.7 Å². The lowest BCUT2D eigenvalue weighted by molar-refractivity contribution is 0.659. The first-order valence-corrected chi connectivity index (χ1v) is 34.9. The number of benzene rings is 15. The van der Waals surface area contributed by atoms with Crippen molar-refractivity contribution in [1.29, 1.82) is 0 Å². The van der Waals surface area contributed by atoms with Gasteiger partial charge in [0.25, 0.3) is 0 Å². The van der Waals surface area contributed by atoms with Gasteiger partial charge in [0, 0.05) is 55.8 Å². The van der Waals surface area contributed by atoms with E-state index in [-0.39, 0.29) is 21.7 Å². The molecular formula is C96H74N2. The zero-order valence-corrected chi connectivity index (χ0v) is 56.8. The van der Waals surface area contributed by atoms with Crippen LogP contribution in [0.5, 0.6) is 0 Å². The molecule has 0 saturated carbocycles. The van der Waals surface area contributed by atoms with Gasteiger partial charge in [-0.1, -0.05) is 286 Å². The van der Waals surface area contributed by atoms with E-state index in [1.54, 1.807) is 0 Å². The third-order valence-corrected chi connectivity index (χ3v) is 23.2. The number of nitrogens with zero attached hydrogens (tertiary/aromatic N) is 2. The lowest BCUT2D eigenvalue weighted by atomic mass is 9.81. The van der Waals surface area contributed by atoms with E-state index in [9.17, 15) is 0 Å². The first-order valence-electron chi connectivity index (χ1n) is 34.9. The molecule has 0 aliphatic heterocycles. The molecule has 0 heterocycles. The molecule has 19 rings (SSSR count). The summed E-state index contributed by atoms with van der Waals surface area (Å²) in [5.74, 6) is 0. The minimum atomic E-state index is -0.221. The second kappa shape index (κ2) is 21.1. The van der Waals surface area contributed by atoms with E-state index >= 15 is 0 Å². The maximum Gasteiger partial charge on any atom is 0.0465 e. The molecule has 0 fully saturated rings. The molecule has 0 saturated heterocycles. The summed E-state index contributed by atoms with van der Waals surface area (Å²) in [6, 6.07) is 105. The van der Waals surface area contributed by atoms with Crippen molar-refractivity contribution in [3.8, 4) is 44.5 Å². The van der Waals surface area contributed by atoms with Crippen LogP contribution < -0.4 is 9.80 Å². The molecule has 0 N–H and O–H groups in total. The highest BCUT2D eigenvalue weighted by Crippen LogP contribution is 2.57. The van der Waals surface area contributed by atoms with Crippen molar-refractivity contribution in [3.63, 3.8) is 0 Å². The van der Waals surface area contributed by atoms with Gasteiger partial charge in [-0.15, -0.1) is 0 Å². The van der Waals surface area contributed by atoms with Crippen molar-refractivity contribution in [1.82, 2.24) is 0 Å². The van der Waals surface area contributed by atoms with Gasteiger partial charge >= 0.3 is 0 Å². The topological polar surface area (TPSA) is 6.48 Å². The second-order valence-corrected chi connectivity index (χ2v) is 30.0. The molecule has 0 aromatic heterocycles. The maximum atomic E-state index is 2.45. The number of fused-ring (bicyclic) bond motifs is 14. The molecule has 15 aromatic rings. The van der Waals surface area contributed by atoms with Gasteiger partial charge in [-0.3, -0.25) is 0 Å². The summed E-state index contributed by atoms with van der Waals surface area (Å²) in [6.45, 7) is 19.1. The van der Waals surface area contributed by atoms with Gasteiger partial charge in [0.2, 0.25) is 0 Å². The van der Waals surface area contributed by atoms with Crippen LogP contribution in [0.1, 0.15) is 122 Å². The van der Waals surface area contributed by atoms with E-state index in [2.05, 4.69) is 369 Å². The molecule has 15 aromatic carbocycles. The van der Waals surface area contributed by atoms with Crippen LogP contribution in [-0.2, 0) is 21.7 Å². The molecular weight excluding hydrogens is 1180 g/mol. The Morgan fingerprint density at radius 2 is 0.490 bits per heavy atom. The minimum Gasteiger partial charge on any atom is -0.310 e. The van der Waals surface area contributed by atoms with E-state index in [1.165, 1.54) is 166 Å². The van der Waals surface area contributed by atoms with Gasteiger partial charge in [0.05, 0.1) is 0 Å². The van der Waals surface area contributed by atoms with E-state index in [0.29, 0.717) is 0 Å². The summed E-state index contributed by atoms with van der Waals surface area (Å²) in [6.07, 6.45) is 9.31. The number of para-hydroxylation sites is 2. The predicted molar refractivity (Wildman–Crippen MR) is 418 cm³/mol. The summed E-state index contributed by atoms with van der Waals surface area (Å²) in [4.78, 5) is 4.89. The average Bonchev–Trinajstić information content (AvgIpc) is 1.39. The third-order valence-electron chi connectivity index (χ3n) is 23.2. The van der Waals surface area contributed by atoms with Crippen molar-refractivity contribution in [2.45, 2.75) is 77.0 Å². The van der Waals surface area contributed by atoms with Crippen LogP contribution in [0.15, 0.2) is 279 Å². The number of hydrogen-bond acceptors (Lipinski definition) is 2. The monoisotopic (exact) mass is 1250 g/mol. The normalized spacial score (nSPS) is 15.2. The largest absolute Gasteiger partial charge is 0.310 e. The Hall–Kier alpha value is -11.3. The van der Waals surface area contributed by atoms with Crippen LogP contribution >= 0.6 is 0 Å². The standard InChI is InChI=1S/C96H74N2/c1-93(2)83-31-17-15-25-71(83)75-49-41-65(55-87(75)93)97(63-21-11-9-12-22-63)67-43-51-77-73-45-35-59(53-85(73)95(5,6)89(77)57-67)33-37-61-39-47-81-80-30-20-28-70-62(40-48-82(92(70)80)79-29-19-27-69(61)91(79)81)38-34-60-36-46-74-78-52-44-68(58-90(78)96(7,8)86(74)54-60)98(64-23-13-10-14-24-64)66-42-50-76-72-26-16-18-32-84(72)94(3,4)88(76)56-66/h9-58H,1-8H3. The Balaban J connectivity index is 0.608. The Bertz CT molecular complexity index is 5550. The molecule has 0 atom stereocenters. The van der Waals surface area contributed by atoms with E-state index in [4.69, 9.17) is 0 Å².